The van der Waals surface area contributed by atoms with Gasteiger partial charge in [0.05, 0.1) is 9.85 Å². The van der Waals surface area contributed by atoms with E-state index < -0.39 is 9.85 Å². The fraction of sp³-hybridized carbons (Fsp3) is 0.0526. The van der Waals surface area contributed by atoms with Gasteiger partial charge in [-0.3, -0.25) is 20.2 Å². The van der Waals surface area contributed by atoms with Crippen molar-refractivity contribution in [2.24, 2.45) is 0 Å². The number of nitro groups is 2. The Hall–Kier alpha value is -3.26. The fourth-order valence-electron chi connectivity index (χ4n) is 2.78. The third-order valence-corrected chi connectivity index (χ3v) is 4.50. The molecule has 136 valence electrons. The summed E-state index contributed by atoms with van der Waals surface area (Å²) in [5.74, 6) is 0. The molecule has 0 saturated heterocycles. The van der Waals surface area contributed by atoms with Crippen molar-refractivity contribution in [3.05, 3.63) is 103 Å². The largest absolute Gasteiger partial charge is 0.355 e. The zero-order valence-electron chi connectivity index (χ0n) is 14.0. The van der Waals surface area contributed by atoms with Crippen molar-refractivity contribution >= 4 is 38.7 Å². The van der Waals surface area contributed by atoms with Crippen LogP contribution in [0.2, 0.25) is 0 Å². The summed E-state index contributed by atoms with van der Waals surface area (Å²) in [4.78, 5) is 21.6. The fourth-order valence-corrected chi connectivity index (χ4v) is 3.19. The highest BCUT2D eigenvalue weighted by molar-refractivity contribution is 9.10. The number of benzene rings is 3. The van der Waals surface area contributed by atoms with Crippen LogP contribution in [-0.2, 0) is 6.42 Å². The number of para-hydroxylation sites is 1. The van der Waals surface area contributed by atoms with Crippen molar-refractivity contribution in [2.75, 3.05) is 5.32 Å². The maximum Gasteiger partial charge on any atom is 0.279 e. The van der Waals surface area contributed by atoms with Crippen molar-refractivity contribution in [3.63, 3.8) is 0 Å². The van der Waals surface area contributed by atoms with Gasteiger partial charge in [-0.2, -0.15) is 0 Å². The molecule has 3 rings (SSSR count). The molecular weight excluding hydrogens is 414 g/mol. The first kappa shape index (κ1) is 18.5. The molecule has 0 unspecified atom stereocenters. The minimum Gasteiger partial charge on any atom is -0.355 e. The standard InChI is InChI=1S/C19H14BrN3O4/c20-14-9-10-17(21-15-5-2-1-3-6-15)13(11-14)12-16-18(22(24)25)7-4-8-19(16)23(26)27/h1-11,21H,12H2. The summed E-state index contributed by atoms with van der Waals surface area (Å²) in [6, 6.07) is 18.8. The Kier molecular flexibility index (Phi) is 5.46. The smallest absolute Gasteiger partial charge is 0.279 e. The van der Waals surface area contributed by atoms with Crippen LogP contribution >= 0.6 is 15.9 Å². The van der Waals surface area contributed by atoms with E-state index in [1.165, 1.54) is 18.2 Å². The SMILES string of the molecule is O=[N+]([O-])c1cccc([N+](=O)[O-])c1Cc1cc(Br)ccc1Nc1ccccc1. The number of hydrogen-bond acceptors (Lipinski definition) is 5. The summed E-state index contributed by atoms with van der Waals surface area (Å²) < 4.78 is 0.775. The average molecular weight is 428 g/mol. The highest BCUT2D eigenvalue weighted by Gasteiger charge is 2.25. The van der Waals surface area contributed by atoms with Gasteiger partial charge in [-0.25, -0.2) is 0 Å². The predicted molar refractivity (Wildman–Crippen MR) is 106 cm³/mol. The van der Waals surface area contributed by atoms with Crippen molar-refractivity contribution in [2.45, 2.75) is 6.42 Å². The number of nitrogens with one attached hydrogen (secondary N) is 1. The lowest BCUT2D eigenvalue weighted by molar-refractivity contribution is -0.395. The van der Waals surface area contributed by atoms with Crippen molar-refractivity contribution < 1.29 is 9.85 Å². The quantitative estimate of drug-likeness (QED) is 0.407. The topological polar surface area (TPSA) is 98.3 Å². The normalized spacial score (nSPS) is 10.4. The van der Waals surface area contributed by atoms with Gasteiger partial charge in [0, 0.05) is 34.4 Å². The van der Waals surface area contributed by atoms with Crippen LogP contribution in [-0.4, -0.2) is 9.85 Å². The van der Waals surface area contributed by atoms with Gasteiger partial charge in [0.15, 0.2) is 0 Å². The van der Waals surface area contributed by atoms with E-state index in [9.17, 15) is 20.2 Å². The number of rotatable bonds is 6. The molecule has 0 aliphatic rings. The zero-order chi connectivity index (χ0) is 19.4. The van der Waals surface area contributed by atoms with Gasteiger partial charge >= 0.3 is 0 Å². The highest BCUT2D eigenvalue weighted by Crippen LogP contribution is 2.34. The second kappa shape index (κ2) is 7.96. The van der Waals surface area contributed by atoms with E-state index in [1.54, 1.807) is 6.07 Å². The average Bonchev–Trinajstić information content (AvgIpc) is 2.64. The Morgan fingerprint density at radius 2 is 1.48 bits per heavy atom. The molecule has 7 nitrogen and oxygen atoms in total. The van der Waals surface area contributed by atoms with Gasteiger partial charge in [0.2, 0.25) is 0 Å². The van der Waals surface area contributed by atoms with Crippen LogP contribution in [0.4, 0.5) is 22.7 Å². The third kappa shape index (κ3) is 4.29. The second-order valence-electron chi connectivity index (χ2n) is 5.76. The molecule has 8 heteroatoms. The van der Waals surface area contributed by atoms with Crippen LogP contribution < -0.4 is 5.32 Å². The third-order valence-electron chi connectivity index (χ3n) is 4.01. The first-order chi connectivity index (χ1) is 13.0. The summed E-state index contributed by atoms with van der Waals surface area (Å²) in [5, 5.41) is 26.0. The van der Waals surface area contributed by atoms with E-state index in [-0.39, 0.29) is 23.4 Å². The summed E-state index contributed by atoms with van der Waals surface area (Å²) >= 11 is 3.39. The van der Waals surface area contributed by atoms with Gasteiger partial charge in [-0.1, -0.05) is 34.1 Å². The number of halogens is 1. The predicted octanol–water partition coefficient (Wildman–Crippen LogP) is 5.60. The van der Waals surface area contributed by atoms with Crippen LogP contribution in [0.25, 0.3) is 0 Å². The Bertz CT molecular complexity index is 977. The van der Waals surface area contributed by atoms with Crippen molar-refractivity contribution in [1.82, 2.24) is 0 Å². The lowest BCUT2D eigenvalue weighted by Gasteiger charge is -2.13. The van der Waals surface area contributed by atoms with E-state index in [2.05, 4.69) is 21.2 Å². The molecule has 0 heterocycles. The lowest BCUT2D eigenvalue weighted by Crippen LogP contribution is -2.04. The minimum atomic E-state index is -0.593. The van der Waals surface area contributed by atoms with Crippen molar-refractivity contribution in [3.8, 4) is 0 Å². The molecule has 0 spiro atoms. The molecule has 0 atom stereocenters. The molecule has 0 aromatic heterocycles. The molecule has 0 saturated carbocycles. The van der Waals surface area contributed by atoms with Crippen LogP contribution in [0, 0.1) is 20.2 Å². The van der Waals surface area contributed by atoms with E-state index in [0.717, 1.165) is 15.8 Å². The summed E-state index contributed by atoms with van der Waals surface area (Å²) in [5.41, 5.74) is 1.80. The van der Waals surface area contributed by atoms with E-state index in [4.69, 9.17) is 0 Å². The first-order valence-corrected chi connectivity index (χ1v) is 8.76. The van der Waals surface area contributed by atoms with E-state index in [0.29, 0.717) is 5.56 Å². The van der Waals surface area contributed by atoms with Crippen molar-refractivity contribution in [1.29, 1.82) is 0 Å². The Balaban J connectivity index is 2.07. The first-order valence-electron chi connectivity index (χ1n) is 7.97. The molecule has 0 bridgehead atoms. The number of hydrogen-bond donors (Lipinski definition) is 1. The Morgan fingerprint density at radius 1 is 0.852 bits per heavy atom. The molecule has 0 aliphatic heterocycles. The molecule has 3 aromatic carbocycles. The molecule has 0 fully saturated rings. The van der Waals surface area contributed by atoms with Crippen LogP contribution in [0.3, 0.4) is 0 Å². The molecule has 0 aliphatic carbocycles. The van der Waals surface area contributed by atoms with Crippen LogP contribution in [0.5, 0.6) is 0 Å². The molecular formula is C19H14BrN3O4. The van der Waals surface area contributed by atoms with Gasteiger partial charge in [0.25, 0.3) is 11.4 Å². The summed E-state index contributed by atoms with van der Waals surface area (Å²) in [6.07, 6.45) is 0.0437. The lowest BCUT2D eigenvalue weighted by atomic mass is 10.00. The number of nitrogens with zero attached hydrogens (tertiary/aromatic N) is 2. The monoisotopic (exact) mass is 427 g/mol. The number of nitro benzene ring substituents is 2. The summed E-state index contributed by atoms with van der Waals surface area (Å²) in [7, 11) is 0. The Labute approximate surface area is 163 Å². The maximum absolute atomic E-state index is 11.4. The van der Waals surface area contributed by atoms with Crippen LogP contribution in [0.1, 0.15) is 11.1 Å². The van der Waals surface area contributed by atoms with Gasteiger partial charge in [0.1, 0.15) is 5.56 Å². The molecule has 0 radical (unpaired) electrons. The second-order valence-corrected chi connectivity index (χ2v) is 6.67. The molecule has 0 amide bonds. The van der Waals surface area contributed by atoms with E-state index in [1.807, 2.05) is 42.5 Å². The van der Waals surface area contributed by atoms with Crippen LogP contribution in [0.15, 0.2) is 71.2 Å². The van der Waals surface area contributed by atoms with Gasteiger partial charge in [-0.15, -0.1) is 0 Å². The number of anilines is 2. The molecule has 27 heavy (non-hydrogen) atoms. The van der Waals surface area contributed by atoms with E-state index >= 15 is 0 Å². The highest BCUT2D eigenvalue weighted by atomic mass is 79.9. The van der Waals surface area contributed by atoms with Gasteiger partial charge in [-0.05, 0) is 42.0 Å². The maximum atomic E-state index is 11.4. The zero-order valence-corrected chi connectivity index (χ0v) is 15.5. The van der Waals surface area contributed by atoms with Gasteiger partial charge < -0.3 is 5.32 Å². The minimum absolute atomic E-state index is 0.0437. The molecule has 1 N–H and O–H groups in total. The molecule has 3 aromatic rings. The summed E-state index contributed by atoms with van der Waals surface area (Å²) in [6.45, 7) is 0. The Morgan fingerprint density at radius 3 is 2.07 bits per heavy atom.